The second-order valence-corrected chi connectivity index (χ2v) is 6.67. The molecular weight excluding hydrogens is 340 g/mol. The lowest BCUT2D eigenvalue weighted by molar-refractivity contribution is 0.259. The quantitative estimate of drug-likeness (QED) is 0.604. The summed E-state index contributed by atoms with van der Waals surface area (Å²) in [5.74, 6) is 1.94. The minimum Gasteiger partial charge on any atom is -0.497 e. The molecule has 27 heavy (non-hydrogen) atoms. The van der Waals surface area contributed by atoms with Crippen molar-refractivity contribution in [1.29, 1.82) is 0 Å². The normalized spacial score (nSPS) is 16.0. The maximum atomic E-state index is 5.94. The third-order valence-corrected chi connectivity index (χ3v) is 4.98. The van der Waals surface area contributed by atoms with Gasteiger partial charge in [-0.15, -0.1) is 0 Å². The first-order valence-corrected chi connectivity index (χ1v) is 8.86. The van der Waals surface area contributed by atoms with Crippen molar-refractivity contribution in [2.75, 3.05) is 13.7 Å². The lowest BCUT2D eigenvalue weighted by Gasteiger charge is -2.25. The van der Waals surface area contributed by atoms with Crippen LogP contribution in [0.15, 0.2) is 55.0 Å². The summed E-state index contributed by atoms with van der Waals surface area (Å²) in [6, 6.07) is 12.0. The Labute approximate surface area is 156 Å². The van der Waals surface area contributed by atoms with Gasteiger partial charge < -0.3 is 9.47 Å². The van der Waals surface area contributed by atoms with Gasteiger partial charge in [-0.3, -0.25) is 10.1 Å². The lowest BCUT2D eigenvalue weighted by Crippen LogP contribution is -2.20. The number of hydrogen-bond donors (Lipinski definition) is 1. The molecule has 1 aliphatic rings. The molecule has 0 saturated heterocycles. The van der Waals surface area contributed by atoms with Crippen LogP contribution in [0.4, 0.5) is 0 Å². The van der Waals surface area contributed by atoms with Crippen LogP contribution in [0.2, 0.25) is 0 Å². The monoisotopic (exact) mass is 358 g/mol. The summed E-state index contributed by atoms with van der Waals surface area (Å²) in [4.78, 5) is 9.48. The van der Waals surface area contributed by atoms with Gasteiger partial charge in [0.25, 0.3) is 0 Å². The van der Waals surface area contributed by atoms with Gasteiger partial charge in [0, 0.05) is 23.9 Å². The van der Waals surface area contributed by atoms with Gasteiger partial charge >= 0.3 is 0 Å². The van der Waals surface area contributed by atoms with E-state index in [4.69, 9.17) is 14.5 Å². The highest BCUT2D eigenvalue weighted by atomic mass is 16.5. The minimum atomic E-state index is 0.176. The summed E-state index contributed by atoms with van der Waals surface area (Å²) in [7, 11) is 1.68. The molecule has 1 aliphatic heterocycles. The van der Waals surface area contributed by atoms with E-state index in [1.807, 2.05) is 48.8 Å². The van der Waals surface area contributed by atoms with Crippen LogP contribution >= 0.6 is 0 Å². The van der Waals surface area contributed by atoms with Gasteiger partial charge in [0.15, 0.2) is 0 Å². The van der Waals surface area contributed by atoms with Crippen LogP contribution in [0.25, 0.3) is 22.2 Å². The van der Waals surface area contributed by atoms with Gasteiger partial charge in [0.05, 0.1) is 36.6 Å². The predicted molar refractivity (Wildman–Crippen MR) is 102 cm³/mol. The number of rotatable bonds is 3. The molecule has 0 bridgehead atoms. The van der Waals surface area contributed by atoms with Gasteiger partial charge in [-0.25, -0.2) is 4.98 Å². The highest BCUT2D eigenvalue weighted by molar-refractivity contribution is 5.81. The number of H-pyrrole nitrogens is 1. The molecule has 0 spiro atoms. The van der Waals surface area contributed by atoms with Crippen LogP contribution in [-0.2, 0) is 6.42 Å². The number of hydrogen-bond acceptors (Lipinski definition) is 5. The Morgan fingerprint density at radius 2 is 2.04 bits per heavy atom. The summed E-state index contributed by atoms with van der Waals surface area (Å²) in [6.45, 7) is 0.604. The highest BCUT2D eigenvalue weighted by Gasteiger charge is 2.23. The van der Waals surface area contributed by atoms with Crippen molar-refractivity contribution in [3.8, 4) is 22.6 Å². The molecule has 0 amide bonds. The van der Waals surface area contributed by atoms with Gasteiger partial charge in [-0.1, -0.05) is 6.07 Å². The Bertz CT molecular complexity index is 1110. The van der Waals surface area contributed by atoms with Crippen molar-refractivity contribution in [3.63, 3.8) is 0 Å². The molecule has 2 aromatic heterocycles. The molecule has 6 nitrogen and oxygen atoms in total. The molecule has 2 aromatic carbocycles. The van der Waals surface area contributed by atoms with E-state index in [0.717, 1.165) is 51.3 Å². The van der Waals surface area contributed by atoms with Gasteiger partial charge in [0.1, 0.15) is 11.5 Å². The molecule has 6 heteroatoms. The number of nitrogens with one attached hydrogen (secondary N) is 1. The topological polar surface area (TPSA) is 72.9 Å². The lowest BCUT2D eigenvalue weighted by atomic mass is 9.94. The van der Waals surface area contributed by atoms with Crippen LogP contribution in [-0.4, -0.2) is 33.9 Å². The summed E-state index contributed by atoms with van der Waals surface area (Å²) in [5.41, 5.74) is 5.96. The van der Waals surface area contributed by atoms with E-state index in [9.17, 15) is 0 Å². The number of ether oxygens (including phenoxy) is 2. The van der Waals surface area contributed by atoms with E-state index in [0.29, 0.717) is 6.61 Å². The molecule has 0 radical (unpaired) electrons. The number of nitrogens with zero attached hydrogens (tertiary/aromatic N) is 3. The van der Waals surface area contributed by atoms with Crippen molar-refractivity contribution < 1.29 is 9.47 Å². The predicted octanol–water partition coefficient (Wildman–Crippen LogP) is 3.75. The zero-order valence-corrected chi connectivity index (χ0v) is 14.8. The zero-order valence-electron chi connectivity index (χ0n) is 14.8. The molecule has 0 aliphatic carbocycles. The van der Waals surface area contributed by atoms with Crippen LogP contribution in [0, 0.1) is 0 Å². The Balaban J connectivity index is 1.46. The van der Waals surface area contributed by atoms with Crippen molar-refractivity contribution in [2.24, 2.45) is 0 Å². The smallest absolute Gasteiger partial charge is 0.122 e. The van der Waals surface area contributed by atoms with Gasteiger partial charge in [-0.05, 0) is 47.9 Å². The molecule has 1 N–H and O–H groups in total. The summed E-state index contributed by atoms with van der Waals surface area (Å²) in [6.07, 6.45) is 6.39. The van der Waals surface area contributed by atoms with Crippen LogP contribution in [0.1, 0.15) is 17.2 Å². The third-order valence-electron chi connectivity index (χ3n) is 4.98. The number of methoxy groups -OCH3 is 1. The van der Waals surface area contributed by atoms with Gasteiger partial charge in [-0.2, -0.15) is 5.10 Å². The second-order valence-electron chi connectivity index (χ2n) is 6.67. The Kier molecular flexibility index (Phi) is 3.74. The van der Waals surface area contributed by atoms with Crippen molar-refractivity contribution >= 4 is 11.0 Å². The fraction of sp³-hybridized carbons (Fsp3) is 0.190. The van der Waals surface area contributed by atoms with Crippen LogP contribution < -0.4 is 9.47 Å². The second kappa shape index (κ2) is 6.39. The minimum absolute atomic E-state index is 0.176. The van der Waals surface area contributed by atoms with Crippen molar-refractivity contribution in [1.82, 2.24) is 20.2 Å². The first-order chi connectivity index (χ1) is 13.3. The molecule has 134 valence electrons. The largest absolute Gasteiger partial charge is 0.497 e. The first-order valence-electron chi connectivity index (χ1n) is 8.86. The standard InChI is InChI=1S/C21H18N4O2/c1-26-17-3-5-21-14(7-17)6-15(12-27-21)20-11-22-19-8-13(2-4-18(19)25-20)16-9-23-24-10-16/h2-5,7-11,15H,6,12H2,1H3,(H,23,24). The average molecular weight is 358 g/mol. The third kappa shape index (κ3) is 2.89. The van der Waals surface area contributed by atoms with E-state index in [-0.39, 0.29) is 5.92 Å². The Morgan fingerprint density at radius 3 is 2.89 bits per heavy atom. The molecule has 5 rings (SSSR count). The first kappa shape index (κ1) is 15.8. The van der Waals surface area contributed by atoms with Crippen molar-refractivity contribution in [3.05, 3.63) is 66.2 Å². The summed E-state index contributed by atoms with van der Waals surface area (Å²) >= 11 is 0. The summed E-state index contributed by atoms with van der Waals surface area (Å²) in [5, 5.41) is 6.84. The Hall–Kier alpha value is -3.41. The molecule has 0 saturated carbocycles. The molecule has 0 fully saturated rings. The fourth-order valence-electron chi connectivity index (χ4n) is 3.50. The molecule has 1 atom stereocenters. The number of fused-ring (bicyclic) bond motifs is 2. The van der Waals surface area contributed by atoms with Crippen LogP contribution in [0.5, 0.6) is 11.5 Å². The molecule has 1 unspecified atom stereocenters. The molecule has 4 aromatic rings. The van der Waals surface area contributed by atoms with Crippen LogP contribution in [0.3, 0.4) is 0 Å². The van der Waals surface area contributed by atoms with Gasteiger partial charge in [0.2, 0.25) is 0 Å². The van der Waals surface area contributed by atoms with E-state index >= 15 is 0 Å². The van der Waals surface area contributed by atoms with Crippen molar-refractivity contribution in [2.45, 2.75) is 12.3 Å². The number of aromatic nitrogens is 4. The number of benzene rings is 2. The summed E-state index contributed by atoms with van der Waals surface area (Å²) < 4.78 is 11.3. The molecular formula is C21H18N4O2. The maximum absolute atomic E-state index is 5.94. The maximum Gasteiger partial charge on any atom is 0.122 e. The van der Waals surface area contributed by atoms with E-state index in [1.165, 1.54) is 0 Å². The van der Waals surface area contributed by atoms with E-state index in [2.05, 4.69) is 15.2 Å². The Morgan fingerprint density at radius 1 is 1.07 bits per heavy atom. The average Bonchev–Trinajstić information content (AvgIpc) is 3.27. The SMILES string of the molecule is COc1ccc2c(c1)CC(c1cnc3cc(-c4cn[nH]c4)ccc3n1)CO2. The zero-order chi connectivity index (χ0) is 18.2. The van der Waals surface area contributed by atoms with E-state index in [1.54, 1.807) is 13.3 Å². The fourth-order valence-corrected chi connectivity index (χ4v) is 3.50. The van der Waals surface area contributed by atoms with E-state index < -0.39 is 0 Å². The highest BCUT2D eigenvalue weighted by Crippen LogP contribution is 2.34. The molecule has 3 heterocycles. The number of aromatic amines is 1.